The van der Waals surface area contributed by atoms with E-state index < -0.39 is 35.3 Å². The van der Waals surface area contributed by atoms with E-state index in [0.29, 0.717) is 11.5 Å². The SMILES string of the molecule is CC[Se][C@@H]1[C@H](O)[C@@H](COC(c2ccccc2)(c2ccc(OC)cc2)c2ccc(OC)cc2)O[C@H]1n1ccc(=O)n(COCc2ccccc2)c1=O. The molecule has 0 bridgehead atoms. The summed E-state index contributed by atoms with van der Waals surface area (Å²) in [5, 5.41) is 12.6. The molecule has 4 atom stereocenters. The number of methoxy groups -OCH3 is 2. The van der Waals surface area contributed by atoms with Gasteiger partial charge in [-0.3, -0.25) is 0 Å². The maximum atomic E-state index is 13.8. The molecular formula is C40H42N2O8Se. The quantitative estimate of drug-likeness (QED) is 0.112. The summed E-state index contributed by atoms with van der Waals surface area (Å²) in [6, 6.07) is 36.2. The Balaban J connectivity index is 1.33. The molecule has 4 aromatic carbocycles. The number of hydrogen-bond acceptors (Lipinski definition) is 8. The zero-order valence-corrected chi connectivity index (χ0v) is 30.5. The fourth-order valence-corrected chi connectivity index (χ4v) is 8.75. The number of rotatable bonds is 15. The summed E-state index contributed by atoms with van der Waals surface area (Å²) in [6.45, 7) is 2.06. The molecule has 0 unspecified atom stereocenters. The van der Waals surface area contributed by atoms with Crippen LogP contribution in [-0.4, -0.2) is 62.2 Å². The average molecular weight is 758 g/mol. The van der Waals surface area contributed by atoms with Crippen molar-refractivity contribution in [2.24, 2.45) is 0 Å². The van der Waals surface area contributed by atoms with Gasteiger partial charge in [0.1, 0.15) is 0 Å². The van der Waals surface area contributed by atoms with Gasteiger partial charge < -0.3 is 0 Å². The molecule has 0 saturated carbocycles. The molecule has 1 saturated heterocycles. The Bertz CT molecular complexity index is 1920. The molecule has 0 radical (unpaired) electrons. The normalized spacial score (nSPS) is 18.8. The van der Waals surface area contributed by atoms with Crippen molar-refractivity contribution in [2.75, 3.05) is 20.8 Å². The second-order valence-corrected chi connectivity index (χ2v) is 15.1. The zero-order valence-electron chi connectivity index (χ0n) is 28.8. The first-order chi connectivity index (χ1) is 24.9. The van der Waals surface area contributed by atoms with Crippen molar-refractivity contribution in [2.45, 2.75) is 54.4 Å². The van der Waals surface area contributed by atoms with Crippen LogP contribution >= 0.6 is 0 Å². The third-order valence-corrected chi connectivity index (χ3v) is 11.6. The van der Waals surface area contributed by atoms with E-state index in [1.807, 2.05) is 116 Å². The van der Waals surface area contributed by atoms with Gasteiger partial charge in [0.05, 0.1) is 0 Å². The molecule has 1 fully saturated rings. The van der Waals surface area contributed by atoms with Crippen LogP contribution in [0.5, 0.6) is 11.5 Å². The van der Waals surface area contributed by atoms with Gasteiger partial charge in [-0.2, -0.15) is 0 Å². The Morgan fingerprint density at radius 1 is 0.784 bits per heavy atom. The Morgan fingerprint density at radius 2 is 1.35 bits per heavy atom. The first-order valence-corrected chi connectivity index (χ1v) is 19.0. The maximum absolute atomic E-state index is 13.8. The van der Waals surface area contributed by atoms with Gasteiger partial charge in [-0.05, 0) is 0 Å². The minimum atomic E-state index is -1.12. The van der Waals surface area contributed by atoms with Gasteiger partial charge in [0.25, 0.3) is 0 Å². The monoisotopic (exact) mass is 758 g/mol. The third-order valence-electron chi connectivity index (χ3n) is 9.01. The molecule has 11 heteroatoms. The number of hydrogen-bond donors (Lipinski definition) is 1. The first-order valence-electron chi connectivity index (χ1n) is 16.8. The molecule has 2 heterocycles. The summed E-state index contributed by atoms with van der Waals surface area (Å²) in [4.78, 5) is 26.3. The van der Waals surface area contributed by atoms with Gasteiger partial charge in [-0.15, -0.1) is 0 Å². The second kappa shape index (κ2) is 16.7. The van der Waals surface area contributed by atoms with Crippen LogP contribution in [0.2, 0.25) is 10.1 Å². The summed E-state index contributed by atoms with van der Waals surface area (Å²) in [5.41, 5.74) is 1.32. The van der Waals surface area contributed by atoms with Gasteiger partial charge in [0, 0.05) is 0 Å². The fraction of sp³-hybridized carbons (Fsp3) is 0.300. The number of nitrogens with zero attached hydrogens (tertiary/aromatic N) is 2. The van der Waals surface area contributed by atoms with Crippen LogP contribution in [0, 0.1) is 0 Å². The molecule has 1 aliphatic rings. The van der Waals surface area contributed by atoms with E-state index in [1.54, 1.807) is 14.2 Å². The molecule has 6 rings (SSSR count). The standard InChI is InChI=1S/C40H42N2O8Se/c1-4-51-37-36(44)34(50-38(37)41-24-23-35(43)42(39(41)45)27-48-25-28-11-7-5-8-12-28)26-49-40(29-13-9-6-10-14-29,30-15-19-32(46-2)20-16-30)31-17-21-33(47-3)22-18-31/h5-24,34,36-38,44H,4,25-27H2,1-3H3/t34-,36-,37-,38-/m1/s1. The van der Waals surface area contributed by atoms with E-state index in [0.717, 1.165) is 32.1 Å². The molecule has 0 amide bonds. The molecule has 51 heavy (non-hydrogen) atoms. The van der Waals surface area contributed by atoms with E-state index in [-0.39, 0.29) is 39.7 Å². The van der Waals surface area contributed by atoms with Crippen LogP contribution in [0.4, 0.5) is 0 Å². The first kappa shape index (κ1) is 36.3. The minimum absolute atomic E-state index is 0.00447. The molecule has 0 spiro atoms. The van der Waals surface area contributed by atoms with E-state index in [4.69, 9.17) is 23.7 Å². The summed E-state index contributed by atoms with van der Waals surface area (Å²) < 4.78 is 32.7. The van der Waals surface area contributed by atoms with Crippen LogP contribution in [0.25, 0.3) is 0 Å². The number of aliphatic hydroxyl groups excluding tert-OH is 1. The van der Waals surface area contributed by atoms with Crippen molar-refractivity contribution < 1.29 is 28.8 Å². The number of aliphatic hydroxyl groups is 1. The van der Waals surface area contributed by atoms with Crippen LogP contribution in [0.3, 0.4) is 0 Å². The Hall–Kier alpha value is -4.48. The Labute approximate surface area is 303 Å². The fourth-order valence-electron chi connectivity index (χ4n) is 6.41. The van der Waals surface area contributed by atoms with Gasteiger partial charge in [-0.25, -0.2) is 0 Å². The molecular weight excluding hydrogens is 715 g/mol. The van der Waals surface area contributed by atoms with Crippen LogP contribution in [0.1, 0.15) is 35.4 Å². The van der Waals surface area contributed by atoms with Gasteiger partial charge >= 0.3 is 304 Å². The number of ether oxygens (including phenoxy) is 5. The predicted octanol–water partition coefficient (Wildman–Crippen LogP) is 5.40. The summed E-state index contributed by atoms with van der Waals surface area (Å²) in [7, 11) is 3.25. The van der Waals surface area contributed by atoms with Crippen molar-refractivity contribution in [1.82, 2.24) is 9.13 Å². The summed E-state index contributed by atoms with van der Waals surface area (Å²) >= 11 is -0.0917. The van der Waals surface area contributed by atoms with E-state index in [2.05, 4.69) is 0 Å². The van der Waals surface area contributed by atoms with Gasteiger partial charge in [-0.1, -0.05) is 0 Å². The Kier molecular flexibility index (Phi) is 11.9. The van der Waals surface area contributed by atoms with Gasteiger partial charge in [0.15, 0.2) is 0 Å². The van der Waals surface area contributed by atoms with Crippen molar-refractivity contribution in [3.63, 3.8) is 0 Å². The van der Waals surface area contributed by atoms with Crippen molar-refractivity contribution in [1.29, 1.82) is 0 Å². The Morgan fingerprint density at radius 3 is 1.92 bits per heavy atom. The van der Waals surface area contributed by atoms with E-state index >= 15 is 0 Å². The number of benzene rings is 4. The molecule has 0 aliphatic carbocycles. The second-order valence-electron chi connectivity index (χ2n) is 12.0. The van der Waals surface area contributed by atoms with E-state index in [1.165, 1.54) is 16.8 Å². The molecule has 5 aromatic rings. The van der Waals surface area contributed by atoms with Crippen molar-refractivity contribution in [3.8, 4) is 11.5 Å². The molecule has 1 aliphatic heterocycles. The topological polar surface area (TPSA) is 110 Å². The molecule has 1 N–H and O–H groups in total. The molecule has 1 aromatic heterocycles. The van der Waals surface area contributed by atoms with Crippen LogP contribution < -0.4 is 20.7 Å². The summed E-state index contributed by atoms with van der Waals surface area (Å²) in [5.74, 6) is 1.41. The number of aromatic nitrogens is 2. The third kappa shape index (κ3) is 7.74. The summed E-state index contributed by atoms with van der Waals surface area (Å²) in [6.07, 6.45) is -1.08. The van der Waals surface area contributed by atoms with Gasteiger partial charge in [0.2, 0.25) is 0 Å². The van der Waals surface area contributed by atoms with Crippen molar-refractivity contribution in [3.05, 3.63) is 165 Å². The zero-order chi connectivity index (χ0) is 35.8. The average Bonchev–Trinajstić information content (AvgIpc) is 3.48. The van der Waals surface area contributed by atoms with Crippen LogP contribution in [0.15, 0.2) is 131 Å². The molecule has 266 valence electrons. The van der Waals surface area contributed by atoms with Crippen LogP contribution in [-0.2, 0) is 33.1 Å². The molecule has 10 nitrogen and oxygen atoms in total. The van der Waals surface area contributed by atoms with E-state index in [9.17, 15) is 14.7 Å². The van der Waals surface area contributed by atoms with Crippen molar-refractivity contribution >= 4 is 15.0 Å². The predicted molar refractivity (Wildman–Crippen MR) is 194 cm³/mol.